The number of amides is 1. The van der Waals surface area contributed by atoms with Crippen LogP contribution in [0.4, 0.5) is 5.82 Å². The first kappa shape index (κ1) is 17.5. The minimum Gasteiger partial charge on any atom is -0.353 e. The van der Waals surface area contributed by atoms with Crippen LogP contribution in [0.15, 0.2) is 47.1 Å². The van der Waals surface area contributed by atoms with Crippen molar-refractivity contribution in [2.24, 2.45) is 0 Å². The van der Waals surface area contributed by atoms with Crippen molar-refractivity contribution in [2.75, 3.05) is 31.1 Å². The zero-order chi connectivity index (χ0) is 18.8. The molecule has 3 heterocycles. The van der Waals surface area contributed by atoms with Crippen LogP contribution in [0.25, 0.3) is 11.4 Å². The molecule has 1 amide bonds. The molecular formula is C19H18ClN5O2. The molecule has 8 heteroatoms. The Hall–Kier alpha value is -2.93. The van der Waals surface area contributed by atoms with Crippen molar-refractivity contribution >= 4 is 23.3 Å². The van der Waals surface area contributed by atoms with Crippen molar-refractivity contribution in [2.45, 2.75) is 6.92 Å². The number of hydrogen-bond donors (Lipinski definition) is 0. The van der Waals surface area contributed by atoms with E-state index in [2.05, 4.69) is 20.0 Å². The van der Waals surface area contributed by atoms with Crippen LogP contribution in [-0.4, -0.2) is 52.1 Å². The SMILES string of the molecule is Cc1nc(-c2ccc(N3CCN(C(=O)c4cccc(Cl)c4)CC3)nc2)no1. The Morgan fingerprint density at radius 2 is 1.96 bits per heavy atom. The van der Waals surface area contributed by atoms with Gasteiger partial charge in [0.05, 0.1) is 0 Å². The Morgan fingerprint density at radius 1 is 1.15 bits per heavy atom. The monoisotopic (exact) mass is 383 g/mol. The summed E-state index contributed by atoms with van der Waals surface area (Å²) in [5.41, 5.74) is 1.43. The number of aromatic nitrogens is 3. The van der Waals surface area contributed by atoms with Gasteiger partial charge in [0.2, 0.25) is 11.7 Å². The lowest BCUT2D eigenvalue weighted by atomic mass is 10.2. The Balaban J connectivity index is 1.39. The second-order valence-corrected chi connectivity index (χ2v) is 6.77. The van der Waals surface area contributed by atoms with Gasteiger partial charge in [-0.15, -0.1) is 0 Å². The maximum atomic E-state index is 12.6. The summed E-state index contributed by atoms with van der Waals surface area (Å²) in [6, 6.07) is 10.9. The zero-order valence-electron chi connectivity index (χ0n) is 14.8. The van der Waals surface area contributed by atoms with Crippen LogP contribution in [0.5, 0.6) is 0 Å². The number of pyridine rings is 1. The van der Waals surface area contributed by atoms with E-state index in [-0.39, 0.29) is 5.91 Å². The molecule has 0 unspecified atom stereocenters. The minimum absolute atomic E-state index is 0.00735. The number of benzene rings is 1. The van der Waals surface area contributed by atoms with E-state index >= 15 is 0 Å². The first-order valence-electron chi connectivity index (χ1n) is 8.67. The summed E-state index contributed by atoms with van der Waals surface area (Å²) in [4.78, 5) is 25.3. The van der Waals surface area contributed by atoms with E-state index < -0.39 is 0 Å². The van der Waals surface area contributed by atoms with Gasteiger partial charge < -0.3 is 14.3 Å². The third-order valence-corrected chi connectivity index (χ3v) is 4.73. The molecule has 138 valence electrons. The summed E-state index contributed by atoms with van der Waals surface area (Å²) in [5.74, 6) is 1.93. The quantitative estimate of drug-likeness (QED) is 0.692. The molecule has 1 saturated heterocycles. The fourth-order valence-electron chi connectivity index (χ4n) is 3.06. The van der Waals surface area contributed by atoms with Gasteiger partial charge in [-0.25, -0.2) is 4.98 Å². The van der Waals surface area contributed by atoms with Crippen LogP contribution >= 0.6 is 11.6 Å². The maximum Gasteiger partial charge on any atom is 0.254 e. The number of halogens is 1. The molecule has 3 aromatic rings. The number of carbonyl (C=O) groups excluding carboxylic acids is 1. The molecule has 0 saturated carbocycles. The molecule has 1 aromatic carbocycles. The van der Waals surface area contributed by atoms with Gasteiger partial charge in [0.1, 0.15) is 5.82 Å². The Bertz CT molecular complexity index is 949. The van der Waals surface area contributed by atoms with Crippen LogP contribution in [-0.2, 0) is 0 Å². The molecule has 0 spiro atoms. The van der Waals surface area contributed by atoms with Crippen LogP contribution in [0, 0.1) is 6.92 Å². The van der Waals surface area contributed by atoms with Crippen molar-refractivity contribution in [3.63, 3.8) is 0 Å². The Labute approximate surface area is 161 Å². The van der Waals surface area contributed by atoms with Gasteiger partial charge in [0.15, 0.2) is 0 Å². The van der Waals surface area contributed by atoms with Crippen LogP contribution < -0.4 is 4.90 Å². The van der Waals surface area contributed by atoms with Crippen LogP contribution in [0.2, 0.25) is 5.02 Å². The first-order valence-corrected chi connectivity index (χ1v) is 9.04. The average molecular weight is 384 g/mol. The van der Waals surface area contributed by atoms with Crippen molar-refractivity contribution in [1.82, 2.24) is 20.0 Å². The topological polar surface area (TPSA) is 75.4 Å². The number of piperazine rings is 1. The molecule has 0 bridgehead atoms. The van der Waals surface area contributed by atoms with E-state index in [0.717, 1.165) is 24.5 Å². The lowest BCUT2D eigenvalue weighted by Crippen LogP contribution is -2.49. The molecule has 0 atom stereocenters. The van der Waals surface area contributed by atoms with Crippen molar-refractivity contribution in [3.05, 3.63) is 59.1 Å². The molecule has 27 heavy (non-hydrogen) atoms. The normalized spacial score (nSPS) is 14.4. The fourth-order valence-corrected chi connectivity index (χ4v) is 3.25. The number of anilines is 1. The van der Waals surface area contributed by atoms with Crippen LogP contribution in [0.1, 0.15) is 16.2 Å². The third kappa shape index (κ3) is 3.78. The highest BCUT2D eigenvalue weighted by atomic mass is 35.5. The fraction of sp³-hybridized carbons (Fsp3) is 0.263. The van der Waals surface area contributed by atoms with Gasteiger partial charge in [0, 0.05) is 55.4 Å². The Kier molecular flexibility index (Phi) is 4.77. The minimum atomic E-state index is 0.00735. The van der Waals surface area contributed by atoms with E-state index in [1.807, 2.05) is 17.0 Å². The lowest BCUT2D eigenvalue weighted by Gasteiger charge is -2.35. The summed E-state index contributed by atoms with van der Waals surface area (Å²) in [7, 11) is 0. The van der Waals surface area contributed by atoms with E-state index in [4.69, 9.17) is 16.1 Å². The maximum absolute atomic E-state index is 12.6. The summed E-state index contributed by atoms with van der Waals surface area (Å²) in [5, 5.41) is 4.47. The number of rotatable bonds is 3. The largest absolute Gasteiger partial charge is 0.353 e. The van der Waals surface area contributed by atoms with Gasteiger partial charge in [-0.05, 0) is 30.3 Å². The summed E-state index contributed by atoms with van der Waals surface area (Å²) in [6.45, 7) is 4.47. The Morgan fingerprint density at radius 3 is 2.59 bits per heavy atom. The van der Waals surface area contributed by atoms with Crippen molar-refractivity contribution in [1.29, 1.82) is 0 Å². The number of carbonyl (C=O) groups is 1. The molecule has 1 fully saturated rings. The zero-order valence-corrected chi connectivity index (χ0v) is 15.6. The van der Waals surface area contributed by atoms with E-state index in [1.54, 1.807) is 37.4 Å². The van der Waals surface area contributed by atoms with Gasteiger partial charge in [0.25, 0.3) is 5.91 Å². The molecule has 4 rings (SSSR count). The summed E-state index contributed by atoms with van der Waals surface area (Å²) >= 11 is 5.99. The molecule has 2 aromatic heterocycles. The number of aryl methyl sites for hydroxylation is 1. The molecule has 0 radical (unpaired) electrons. The van der Waals surface area contributed by atoms with Gasteiger partial charge in [-0.2, -0.15) is 4.98 Å². The first-order chi connectivity index (χ1) is 13.1. The van der Waals surface area contributed by atoms with E-state index in [1.165, 1.54) is 0 Å². The number of nitrogens with zero attached hydrogens (tertiary/aromatic N) is 5. The smallest absolute Gasteiger partial charge is 0.254 e. The third-order valence-electron chi connectivity index (χ3n) is 4.50. The van der Waals surface area contributed by atoms with E-state index in [0.29, 0.717) is 35.4 Å². The molecule has 0 N–H and O–H groups in total. The predicted octanol–water partition coefficient (Wildman–Crippen LogP) is 3.06. The molecule has 1 aliphatic rings. The van der Waals surface area contributed by atoms with Gasteiger partial charge in [-0.3, -0.25) is 4.79 Å². The average Bonchev–Trinajstić information content (AvgIpc) is 3.14. The van der Waals surface area contributed by atoms with Crippen molar-refractivity contribution in [3.8, 4) is 11.4 Å². The molecule has 7 nitrogen and oxygen atoms in total. The summed E-state index contributed by atoms with van der Waals surface area (Å²) < 4.78 is 5.00. The lowest BCUT2D eigenvalue weighted by molar-refractivity contribution is 0.0746. The second kappa shape index (κ2) is 7.36. The van der Waals surface area contributed by atoms with Crippen molar-refractivity contribution < 1.29 is 9.32 Å². The molecular weight excluding hydrogens is 366 g/mol. The highest BCUT2D eigenvalue weighted by molar-refractivity contribution is 6.30. The van der Waals surface area contributed by atoms with E-state index in [9.17, 15) is 4.79 Å². The molecule has 1 aliphatic heterocycles. The highest BCUT2D eigenvalue weighted by Gasteiger charge is 2.23. The van der Waals surface area contributed by atoms with Gasteiger partial charge in [-0.1, -0.05) is 22.8 Å². The summed E-state index contributed by atoms with van der Waals surface area (Å²) in [6.07, 6.45) is 1.74. The standard InChI is InChI=1S/C19H18ClN5O2/c1-13-22-18(23-27-13)15-5-6-17(21-12-15)24-7-9-25(10-8-24)19(26)14-3-2-4-16(20)11-14/h2-6,11-12H,7-10H2,1H3. The van der Waals surface area contributed by atoms with Crippen LogP contribution in [0.3, 0.4) is 0 Å². The molecule has 0 aliphatic carbocycles. The van der Waals surface area contributed by atoms with Gasteiger partial charge >= 0.3 is 0 Å². The second-order valence-electron chi connectivity index (χ2n) is 6.33. The number of hydrogen-bond acceptors (Lipinski definition) is 6. The predicted molar refractivity (Wildman–Crippen MR) is 102 cm³/mol. The highest BCUT2D eigenvalue weighted by Crippen LogP contribution is 2.20.